The molecule has 0 fully saturated rings. The maximum absolute atomic E-state index is 6.08. The minimum atomic E-state index is 0.605. The number of halogens is 2. The Morgan fingerprint density at radius 2 is 1.59 bits per heavy atom. The molecule has 6 rings (SSSR count). The van der Waals surface area contributed by atoms with Crippen LogP contribution in [0.25, 0.3) is 16.8 Å². The molecule has 39 heavy (non-hydrogen) atoms. The molecule has 1 aliphatic rings. The van der Waals surface area contributed by atoms with Gasteiger partial charge < -0.3 is 19.9 Å². The molecule has 2 aromatic heterocycles. The van der Waals surface area contributed by atoms with Crippen molar-refractivity contribution in [3.63, 3.8) is 0 Å². The van der Waals surface area contributed by atoms with E-state index in [1.165, 1.54) is 5.56 Å². The van der Waals surface area contributed by atoms with Crippen molar-refractivity contribution in [2.24, 2.45) is 0 Å². The number of nitrogens with one attached hydrogen (secondary N) is 2. The Morgan fingerprint density at radius 1 is 0.923 bits per heavy atom. The van der Waals surface area contributed by atoms with E-state index in [9.17, 15) is 0 Å². The molecular formula is C30H27Br2N5OS. The van der Waals surface area contributed by atoms with Crippen LogP contribution in [0.1, 0.15) is 29.9 Å². The first kappa shape index (κ1) is 26.1. The van der Waals surface area contributed by atoms with Gasteiger partial charge in [0.15, 0.2) is 5.82 Å². The number of ether oxygens (including phenoxy) is 1. The fourth-order valence-electron chi connectivity index (χ4n) is 5.19. The van der Waals surface area contributed by atoms with Gasteiger partial charge in [-0.1, -0.05) is 56.2 Å². The molecule has 0 bridgehead atoms. The van der Waals surface area contributed by atoms with Gasteiger partial charge in [-0.05, 0) is 85.5 Å². The molecule has 0 aliphatic carbocycles. The summed E-state index contributed by atoms with van der Waals surface area (Å²) in [5.74, 6) is 1.82. The highest BCUT2D eigenvalue weighted by Gasteiger charge is 2.29. The Bertz CT molecular complexity index is 1640. The van der Waals surface area contributed by atoms with Gasteiger partial charge >= 0.3 is 0 Å². The van der Waals surface area contributed by atoms with Crippen molar-refractivity contribution < 1.29 is 4.74 Å². The fourth-order valence-corrected chi connectivity index (χ4v) is 6.02. The number of aromatic nitrogens is 3. The number of nitrogens with zero attached hydrogens (tertiary/aromatic N) is 3. The van der Waals surface area contributed by atoms with Crippen molar-refractivity contribution in [3.8, 4) is 16.9 Å². The number of hydrogen-bond acceptors (Lipinski definition) is 4. The third-order valence-electron chi connectivity index (χ3n) is 7.05. The molecule has 0 saturated carbocycles. The lowest BCUT2D eigenvalue weighted by atomic mass is 9.98. The van der Waals surface area contributed by atoms with Crippen molar-refractivity contribution in [1.29, 1.82) is 0 Å². The van der Waals surface area contributed by atoms with Crippen molar-refractivity contribution in [2.45, 2.75) is 32.4 Å². The highest BCUT2D eigenvalue weighted by Crippen LogP contribution is 2.38. The van der Waals surface area contributed by atoms with E-state index < -0.39 is 0 Å². The minimum absolute atomic E-state index is 0.605. The van der Waals surface area contributed by atoms with Gasteiger partial charge in [-0.15, -0.1) is 0 Å². The lowest BCUT2D eigenvalue weighted by molar-refractivity contribution is 0.415. The highest BCUT2D eigenvalue weighted by molar-refractivity contribution is 9.10. The first-order chi connectivity index (χ1) is 19.0. The van der Waals surface area contributed by atoms with E-state index in [4.69, 9.17) is 22.1 Å². The van der Waals surface area contributed by atoms with E-state index in [0.29, 0.717) is 11.5 Å². The number of benzene rings is 3. The van der Waals surface area contributed by atoms with Crippen LogP contribution in [0, 0.1) is 0 Å². The second-order valence-electron chi connectivity index (χ2n) is 9.51. The summed E-state index contributed by atoms with van der Waals surface area (Å²) in [4.78, 5) is 0.649. The molecular weight excluding hydrogens is 638 g/mol. The lowest BCUT2D eigenvalue weighted by Crippen LogP contribution is -2.15. The zero-order valence-electron chi connectivity index (χ0n) is 21.4. The smallest absolute Gasteiger partial charge is 0.150 e. The standard InChI is InChI=1S/C30H27Br2N5OS/c1-38-24-15-13-22(14-16-24)33-18-26-35-37-28(29(39)34-23-11-9-21(32)10-12-23)27(19-5-7-20(31)8-6-19)25-4-2-3-17-36(26)30(25)37/h5-16,33H,2-4,17-18H2,1H3,(H,34,39). The van der Waals surface area contributed by atoms with Gasteiger partial charge in [0.05, 0.1) is 13.7 Å². The summed E-state index contributed by atoms with van der Waals surface area (Å²) in [7, 11) is 1.68. The third kappa shape index (κ3) is 5.23. The Labute approximate surface area is 249 Å². The summed E-state index contributed by atoms with van der Waals surface area (Å²) >= 11 is 13.2. The Kier molecular flexibility index (Phi) is 7.47. The normalized spacial score (nSPS) is 12.8. The van der Waals surface area contributed by atoms with Crippen LogP contribution in [-0.2, 0) is 19.5 Å². The molecule has 1 aliphatic heterocycles. The van der Waals surface area contributed by atoms with Crippen LogP contribution in [0.2, 0.25) is 0 Å². The molecule has 0 atom stereocenters. The quantitative estimate of drug-likeness (QED) is 0.172. The number of hydrogen-bond donors (Lipinski definition) is 2. The van der Waals surface area contributed by atoms with Crippen molar-refractivity contribution in [2.75, 3.05) is 17.7 Å². The molecule has 0 amide bonds. The zero-order chi connectivity index (χ0) is 26.9. The molecule has 3 aromatic carbocycles. The molecule has 0 spiro atoms. The highest BCUT2D eigenvalue weighted by atomic mass is 79.9. The average molecular weight is 665 g/mol. The Balaban J connectivity index is 1.46. The van der Waals surface area contributed by atoms with Gasteiger partial charge in [0.2, 0.25) is 0 Å². The predicted molar refractivity (Wildman–Crippen MR) is 169 cm³/mol. The number of rotatable bonds is 7. The number of thiocarbonyl (C=S) groups is 1. The number of methoxy groups -OCH3 is 1. The van der Waals surface area contributed by atoms with Gasteiger partial charge in [-0.3, -0.25) is 0 Å². The average Bonchev–Trinajstić information content (AvgIpc) is 3.35. The first-order valence-electron chi connectivity index (χ1n) is 12.9. The molecule has 3 heterocycles. The molecule has 2 N–H and O–H groups in total. The first-order valence-corrected chi connectivity index (χ1v) is 14.8. The fraction of sp³-hybridized carbons (Fsp3) is 0.200. The van der Waals surface area contributed by atoms with Crippen molar-refractivity contribution in [1.82, 2.24) is 14.2 Å². The van der Waals surface area contributed by atoms with Crippen molar-refractivity contribution >= 4 is 66.1 Å². The van der Waals surface area contributed by atoms with Crippen molar-refractivity contribution in [3.05, 3.63) is 98.8 Å². The Morgan fingerprint density at radius 3 is 2.28 bits per heavy atom. The summed E-state index contributed by atoms with van der Waals surface area (Å²) < 4.78 is 11.8. The number of aryl methyl sites for hydroxylation is 2. The van der Waals surface area contributed by atoms with E-state index in [-0.39, 0.29) is 0 Å². The SMILES string of the molecule is COc1ccc(NCc2nn3c(C(=S)Nc4ccc(Br)cc4)c(-c4ccc(Br)cc4)c4c3n2CCCC4)cc1. The van der Waals surface area contributed by atoms with E-state index >= 15 is 0 Å². The van der Waals surface area contributed by atoms with Crippen LogP contribution in [0.5, 0.6) is 5.75 Å². The summed E-state index contributed by atoms with van der Waals surface area (Å²) in [5.41, 5.74) is 7.61. The molecule has 0 unspecified atom stereocenters. The monoisotopic (exact) mass is 663 g/mol. The van der Waals surface area contributed by atoms with E-state index in [1.54, 1.807) is 7.11 Å². The molecule has 5 aromatic rings. The molecule has 6 nitrogen and oxygen atoms in total. The second kappa shape index (κ2) is 11.2. The van der Waals surface area contributed by atoms with Gasteiger partial charge in [-0.25, -0.2) is 4.52 Å². The molecule has 9 heteroatoms. The summed E-state index contributed by atoms with van der Waals surface area (Å²) in [6, 6.07) is 24.5. The lowest BCUT2D eigenvalue weighted by Gasteiger charge is -2.12. The third-order valence-corrected chi connectivity index (χ3v) is 8.41. The topological polar surface area (TPSA) is 55.5 Å². The van der Waals surface area contributed by atoms with Crippen LogP contribution in [-0.4, -0.2) is 26.3 Å². The van der Waals surface area contributed by atoms with E-state index in [2.05, 4.69) is 75.8 Å². The Hall–Kier alpha value is -3.14. The maximum atomic E-state index is 6.08. The largest absolute Gasteiger partial charge is 0.497 e. The van der Waals surface area contributed by atoms with Crippen LogP contribution in [0.15, 0.2) is 81.7 Å². The molecule has 198 valence electrons. The van der Waals surface area contributed by atoms with Gasteiger partial charge in [0.1, 0.15) is 22.1 Å². The van der Waals surface area contributed by atoms with Crippen LogP contribution in [0.3, 0.4) is 0 Å². The summed E-state index contributed by atoms with van der Waals surface area (Å²) in [6.07, 6.45) is 3.20. The molecule has 0 radical (unpaired) electrons. The minimum Gasteiger partial charge on any atom is -0.497 e. The zero-order valence-corrected chi connectivity index (χ0v) is 25.4. The van der Waals surface area contributed by atoms with E-state index in [0.717, 1.165) is 80.2 Å². The molecule has 0 saturated heterocycles. The maximum Gasteiger partial charge on any atom is 0.150 e. The number of anilines is 2. The second-order valence-corrected chi connectivity index (χ2v) is 11.8. The van der Waals surface area contributed by atoms with E-state index in [1.807, 2.05) is 48.5 Å². The van der Waals surface area contributed by atoms with Gasteiger partial charge in [0.25, 0.3) is 0 Å². The summed E-state index contributed by atoms with van der Waals surface area (Å²) in [6.45, 7) is 1.53. The van der Waals surface area contributed by atoms with Crippen LogP contribution in [0.4, 0.5) is 11.4 Å². The predicted octanol–water partition coefficient (Wildman–Crippen LogP) is 8.07. The van der Waals surface area contributed by atoms with Gasteiger partial charge in [0, 0.05) is 38.0 Å². The van der Waals surface area contributed by atoms with Crippen LogP contribution < -0.4 is 15.4 Å². The van der Waals surface area contributed by atoms with Crippen LogP contribution >= 0.6 is 44.1 Å². The summed E-state index contributed by atoms with van der Waals surface area (Å²) in [5, 5.41) is 12.2. The van der Waals surface area contributed by atoms with Gasteiger partial charge in [-0.2, -0.15) is 5.10 Å².